The second kappa shape index (κ2) is 5.72. The zero-order valence-corrected chi connectivity index (χ0v) is 11.5. The lowest BCUT2D eigenvalue weighted by Gasteiger charge is -2.33. The molecule has 1 unspecified atom stereocenters. The predicted molar refractivity (Wildman–Crippen MR) is 72.1 cm³/mol. The van der Waals surface area contributed by atoms with Gasteiger partial charge in [-0.2, -0.15) is 0 Å². The van der Waals surface area contributed by atoms with Gasteiger partial charge in [-0.25, -0.2) is 0 Å². The zero-order chi connectivity index (χ0) is 13.1. The van der Waals surface area contributed by atoms with Crippen LogP contribution in [0.3, 0.4) is 0 Å². The molecule has 3 nitrogen and oxygen atoms in total. The fourth-order valence-corrected chi connectivity index (χ4v) is 2.60. The van der Waals surface area contributed by atoms with Crippen LogP contribution in [0.5, 0.6) is 5.75 Å². The van der Waals surface area contributed by atoms with Crippen molar-refractivity contribution < 1.29 is 9.53 Å². The molecule has 18 heavy (non-hydrogen) atoms. The SMILES string of the molecule is COc1cccc(Cl)c1CN1CCC(=O)CC1C. The van der Waals surface area contributed by atoms with Crippen LogP contribution in [-0.4, -0.2) is 30.4 Å². The molecule has 1 aromatic carbocycles. The molecule has 0 saturated carbocycles. The van der Waals surface area contributed by atoms with E-state index >= 15 is 0 Å². The Bertz CT molecular complexity index is 447. The van der Waals surface area contributed by atoms with Crippen molar-refractivity contribution in [3.05, 3.63) is 28.8 Å². The average Bonchev–Trinajstić information content (AvgIpc) is 2.34. The number of benzene rings is 1. The van der Waals surface area contributed by atoms with Crippen LogP contribution in [0, 0.1) is 0 Å². The monoisotopic (exact) mass is 267 g/mol. The van der Waals surface area contributed by atoms with Crippen molar-refractivity contribution in [2.75, 3.05) is 13.7 Å². The number of hydrogen-bond acceptors (Lipinski definition) is 3. The number of ether oxygens (including phenoxy) is 1. The lowest BCUT2D eigenvalue weighted by atomic mass is 10.0. The Morgan fingerprint density at radius 2 is 2.28 bits per heavy atom. The van der Waals surface area contributed by atoms with Crippen LogP contribution in [0.15, 0.2) is 18.2 Å². The molecule has 0 spiro atoms. The van der Waals surface area contributed by atoms with Crippen LogP contribution in [0.1, 0.15) is 25.3 Å². The van der Waals surface area contributed by atoms with E-state index in [1.165, 1.54) is 0 Å². The van der Waals surface area contributed by atoms with Gasteiger partial charge < -0.3 is 4.74 Å². The number of carbonyl (C=O) groups excluding carboxylic acids is 1. The van der Waals surface area contributed by atoms with Gasteiger partial charge >= 0.3 is 0 Å². The van der Waals surface area contributed by atoms with Gasteiger partial charge in [-0.05, 0) is 19.1 Å². The number of piperidine rings is 1. The van der Waals surface area contributed by atoms with Crippen molar-refractivity contribution in [2.45, 2.75) is 32.4 Å². The summed E-state index contributed by atoms with van der Waals surface area (Å²) in [5, 5.41) is 0.721. The first-order chi connectivity index (χ1) is 8.61. The summed E-state index contributed by atoms with van der Waals surface area (Å²) in [6.07, 6.45) is 1.27. The van der Waals surface area contributed by atoms with E-state index in [2.05, 4.69) is 11.8 Å². The Morgan fingerprint density at radius 1 is 1.50 bits per heavy atom. The van der Waals surface area contributed by atoms with Gasteiger partial charge in [0.1, 0.15) is 11.5 Å². The number of hydrogen-bond donors (Lipinski definition) is 0. The van der Waals surface area contributed by atoms with E-state index in [-0.39, 0.29) is 6.04 Å². The Hall–Kier alpha value is -1.06. The first-order valence-corrected chi connectivity index (χ1v) is 6.56. The summed E-state index contributed by atoms with van der Waals surface area (Å²) in [5.74, 6) is 1.16. The Labute approximate surface area is 113 Å². The fourth-order valence-electron chi connectivity index (χ4n) is 2.37. The van der Waals surface area contributed by atoms with E-state index < -0.39 is 0 Å². The highest BCUT2D eigenvalue weighted by molar-refractivity contribution is 6.31. The number of methoxy groups -OCH3 is 1. The van der Waals surface area contributed by atoms with Crippen LogP contribution in [-0.2, 0) is 11.3 Å². The molecule has 0 bridgehead atoms. The Kier molecular flexibility index (Phi) is 4.25. The van der Waals surface area contributed by atoms with E-state index in [1.807, 2.05) is 18.2 Å². The van der Waals surface area contributed by atoms with E-state index in [4.69, 9.17) is 16.3 Å². The topological polar surface area (TPSA) is 29.5 Å². The van der Waals surface area contributed by atoms with Gasteiger partial charge in [0, 0.05) is 42.6 Å². The first-order valence-electron chi connectivity index (χ1n) is 6.19. The molecular weight excluding hydrogens is 250 g/mol. The smallest absolute Gasteiger partial charge is 0.135 e. The maximum atomic E-state index is 11.4. The molecule has 1 heterocycles. The van der Waals surface area contributed by atoms with E-state index in [0.717, 1.165) is 29.4 Å². The van der Waals surface area contributed by atoms with E-state index in [9.17, 15) is 4.79 Å². The third-order valence-electron chi connectivity index (χ3n) is 3.48. The van der Waals surface area contributed by atoms with Gasteiger partial charge in [0.25, 0.3) is 0 Å². The summed E-state index contributed by atoms with van der Waals surface area (Å²) < 4.78 is 5.35. The zero-order valence-electron chi connectivity index (χ0n) is 10.8. The minimum Gasteiger partial charge on any atom is -0.496 e. The molecule has 4 heteroatoms. The Morgan fingerprint density at radius 3 is 2.94 bits per heavy atom. The fraction of sp³-hybridized carbons (Fsp3) is 0.500. The molecule has 1 aliphatic rings. The maximum Gasteiger partial charge on any atom is 0.135 e. The second-order valence-electron chi connectivity index (χ2n) is 4.73. The lowest BCUT2D eigenvalue weighted by molar-refractivity contribution is -0.123. The number of rotatable bonds is 3. The minimum absolute atomic E-state index is 0.271. The lowest BCUT2D eigenvalue weighted by Crippen LogP contribution is -2.40. The highest BCUT2D eigenvalue weighted by atomic mass is 35.5. The molecule has 1 saturated heterocycles. The van der Waals surface area contributed by atoms with Gasteiger partial charge in [-0.1, -0.05) is 17.7 Å². The number of carbonyl (C=O) groups is 1. The largest absolute Gasteiger partial charge is 0.496 e. The molecule has 0 aromatic heterocycles. The average molecular weight is 268 g/mol. The molecule has 0 amide bonds. The van der Waals surface area contributed by atoms with Crippen molar-refractivity contribution in [1.82, 2.24) is 4.90 Å². The predicted octanol–water partition coefficient (Wildman–Crippen LogP) is 2.90. The second-order valence-corrected chi connectivity index (χ2v) is 5.14. The maximum absolute atomic E-state index is 11.4. The van der Waals surface area contributed by atoms with Crippen LogP contribution in [0.4, 0.5) is 0 Å². The van der Waals surface area contributed by atoms with Crippen molar-refractivity contribution in [1.29, 1.82) is 0 Å². The third kappa shape index (κ3) is 2.85. The van der Waals surface area contributed by atoms with Crippen molar-refractivity contribution in [3.8, 4) is 5.75 Å². The van der Waals surface area contributed by atoms with Crippen molar-refractivity contribution in [3.63, 3.8) is 0 Å². The normalized spacial score (nSPS) is 21.1. The molecule has 1 aliphatic heterocycles. The molecule has 0 aliphatic carbocycles. The summed E-state index contributed by atoms with van der Waals surface area (Å²) in [7, 11) is 1.65. The summed E-state index contributed by atoms with van der Waals surface area (Å²) in [6.45, 7) is 3.62. The van der Waals surface area contributed by atoms with Crippen LogP contribution in [0.2, 0.25) is 5.02 Å². The third-order valence-corrected chi connectivity index (χ3v) is 3.84. The van der Waals surface area contributed by atoms with Gasteiger partial charge in [-0.15, -0.1) is 0 Å². The van der Waals surface area contributed by atoms with Gasteiger partial charge in [-0.3, -0.25) is 9.69 Å². The number of halogens is 1. The van der Waals surface area contributed by atoms with Gasteiger partial charge in [0.2, 0.25) is 0 Å². The van der Waals surface area contributed by atoms with E-state index in [1.54, 1.807) is 7.11 Å². The molecule has 0 radical (unpaired) electrons. The molecule has 0 N–H and O–H groups in total. The van der Waals surface area contributed by atoms with Crippen LogP contribution >= 0.6 is 11.6 Å². The van der Waals surface area contributed by atoms with Crippen molar-refractivity contribution >= 4 is 17.4 Å². The van der Waals surface area contributed by atoms with E-state index in [0.29, 0.717) is 18.6 Å². The number of likely N-dealkylation sites (tertiary alicyclic amines) is 1. The summed E-state index contributed by atoms with van der Waals surface area (Å²) in [5.41, 5.74) is 1.00. The number of nitrogens with zero attached hydrogens (tertiary/aromatic N) is 1. The molecule has 1 atom stereocenters. The highest BCUT2D eigenvalue weighted by Gasteiger charge is 2.24. The molecule has 2 rings (SSSR count). The highest BCUT2D eigenvalue weighted by Crippen LogP contribution is 2.29. The van der Waals surface area contributed by atoms with Gasteiger partial charge in [0.05, 0.1) is 7.11 Å². The summed E-state index contributed by atoms with van der Waals surface area (Å²) >= 11 is 6.23. The molecular formula is C14H18ClNO2. The summed E-state index contributed by atoms with van der Waals surface area (Å²) in [4.78, 5) is 13.7. The standard InChI is InChI=1S/C14H18ClNO2/c1-10-8-11(17)6-7-16(10)9-12-13(15)4-3-5-14(12)18-2/h3-5,10H,6-9H2,1-2H3. The van der Waals surface area contributed by atoms with Crippen LogP contribution in [0.25, 0.3) is 0 Å². The van der Waals surface area contributed by atoms with Crippen LogP contribution < -0.4 is 4.74 Å². The number of ketones is 1. The quantitative estimate of drug-likeness (QED) is 0.843. The minimum atomic E-state index is 0.271. The molecule has 1 fully saturated rings. The summed E-state index contributed by atoms with van der Waals surface area (Å²) in [6, 6.07) is 5.95. The first kappa shape index (κ1) is 13.4. The van der Waals surface area contributed by atoms with Gasteiger partial charge in [0.15, 0.2) is 0 Å². The number of Topliss-reactive ketones (excluding diaryl/α,β-unsaturated/α-hetero) is 1. The Balaban J connectivity index is 2.16. The molecule has 1 aromatic rings. The molecule has 98 valence electrons. The van der Waals surface area contributed by atoms with Crippen molar-refractivity contribution in [2.24, 2.45) is 0 Å².